The maximum atomic E-state index is 12.1. The summed E-state index contributed by atoms with van der Waals surface area (Å²) in [7, 11) is 0. The second kappa shape index (κ2) is 5.34. The van der Waals surface area contributed by atoms with Crippen molar-refractivity contribution in [1.29, 1.82) is 0 Å². The highest BCUT2D eigenvalue weighted by Gasteiger charge is 2.23. The lowest BCUT2D eigenvalue weighted by atomic mass is 10.0. The summed E-state index contributed by atoms with van der Waals surface area (Å²) < 4.78 is 0. The van der Waals surface area contributed by atoms with Crippen LogP contribution < -0.4 is 5.32 Å². The molecular formula is C14H11ClN2O2S. The van der Waals surface area contributed by atoms with Crippen molar-refractivity contribution in [2.24, 2.45) is 0 Å². The highest BCUT2D eigenvalue weighted by atomic mass is 35.5. The van der Waals surface area contributed by atoms with Crippen LogP contribution in [0.1, 0.15) is 38.6 Å². The van der Waals surface area contributed by atoms with Gasteiger partial charge in [0.15, 0.2) is 10.9 Å². The van der Waals surface area contributed by atoms with Gasteiger partial charge in [-0.25, -0.2) is 4.98 Å². The number of nitrogens with one attached hydrogen (secondary N) is 1. The maximum Gasteiger partial charge on any atom is 0.258 e. The van der Waals surface area contributed by atoms with Crippen LogP contribution in [-0.4, -0.2) is 16.7 Å². The van der Waals surface area contributed by atoms with Crippen molar-refractivity contribution in [3.63, 3.8) is 0 Å². The molecular weight excluding hydrogens is 296 g/mol. The summed E-state index contributed by atoms with van der Waals surface area (Å²) >= 11 is 7.21. The van der Waals surface area contributed by atoms with Gasteiger partial charge in [0.25, 0.3) is 5.91 Å². The first-order chi connectivity index (χ1) is 9.65. The molecule has 1 aromatic heterocycles. The number of thiazole rings is 1. The Morgan fingerprint density at radius 3 is 2.85 bits per heavy atom. The molecule has 0 fully saturated rings. The number of anilines is 1. The zero-order chi connectivity index (χ0) is 14.1. The number of hydrogen-bond donors (Lipinski definition) is 1. The van der Waals surface area contributed by atoms with Gasteiger partial charge >= 0.3 is 0 Å². The number of rotatable bonds is 2. The first kappa shape index (κ1) is 13.3. The van der Waals surface area contributed by atoms with Crippen LogP contribution in [0.15, 0.2) is 24.3 Å². The standard InChI is InChI=1S/C14H11ClN2O2S/c15-9-5-2-1-4-8(9)13(19)17-14-16-10-6-3-7-11(18)12(10)20-14/h1-2,4-5H,3,6-7H2,(H,16,17,19). The van der Waals surface area contributed by atoms with E-state index < -0.39 is 0 Å². The van der Waals surface area contributed by atoms with Crippen LogP contribution in [0.25, 0.3) is 0 Å². The highest BCUT2D eigenvalue weighted by Crippen LogP contribution is 2.30. The predicted octanol–water partition coefficient (Wildman–Crippen LogP) is 3.57. The van der Waals surface area contributed by atoms with E-state index in [2.05, 4.69) is 10.3 Å². The Balaban J connectivity index is 1.84. The number of halogens is 1. The van der Waals surface area contributed by atoms with Crippen molar-refractivity contribution in [3.05, 3.63) is 45.4 Å². The molecule has 1 heterocycles. The Kier molecular flexibility index (Phi) is 3.54. The second-order valence-electron chi connectivity index (χ2n) is 4.51. The first-order valence-corrected chi connectivity index (χ1v) is 7.43. The fourth-order valence-electron chi connectivity index (χ4n) is 2.13. The van der Waals surface area contributed by atoms with Crippen LogP contribution in [-0.2, 0) is 6.42 Å². The summed E-state index contributed by atoms with van der Waals surface area (Å²) in [6.45, 7) is 0. The number of carbonyl (C=O) groups excluding carboxylic acids is 2. The molecule has 1 amide bonds. The van der Waals surface area contributed by atoms with Crippen LogP contribution in [0.4, 0.5) is 5.13 Å². The zero-order valence-electron chi connectivity index (χ0n) is 10.5. The van der Waals surface area contributed by atoms with Crippen LogP contribution in [0.5, 0.6) is 0 Å². The first-order valence-electron chi connectivity index (χ1n) is 6.24. The molecule has 1 N–H and O–H groups in total. The van der Waals surface area contributed by atoms with Crippen molar-refractivity contribution in [3.8, 4) is 0 Å². The predicted molar refractivity (Wildman–Crippen MR) is 78.8 cm³/mol. The summed E-state index contributed by atoms with van der Waals surface area (Å²) in [4.78, 5) is 28.9. The molecule has 0 unspecified atom stereocenters. The topological polar surface area (TPSA) is 59.1 Å². The number of fused-ring (bicyclic) bond motifs is 1. The van der Waals surface area contributed by atoms with E-state index in [9.17, 15) is 9.59 Å². The number of amides is 1. The summed E-state index contributed by atoms with van der Waals surface area (Å²) in [5.74, 6) is -0.198. The quantitative estimate of drug-likeness (QED) is 0.922. The average molecular weight is 307 g/mol. The van der Waals surface area contributed by atoms with E-state index in [4.69, 9.17) is 11.6 Å². The van der Waals surface area contributed by atoms with Gasteiger partial charge in [0.2, 0.25) is 0 Å². The number of hydrogen-bond acceptors (Lipinski definition) is 4. The summed E-state index contributed by atoms with van der Waals surface area (Å²) in [5, 5.41) is 3.55. The zero-order valence-corrected chi connectivity index (χ0v) is 12.1. The van der Waals surface area contributed by atoms with Crippen molar-refractivity contribution in [1.82, 2.24) is 4.98 Å². The van der Waals surface area contributed by atoms with Crippen molar-refractivity contribution in [2.75, 3.05) is 5.32 Å². The van der Waals surface area contributed by atoms with E-state index in [1.165, 1.54) is 11.3 Å². The number of benzene rings is 1. The van der Waals surface area contributed by atoms with E-state index in [1.807, 2.05) is 0 Å². The van der Waals surface area contributed by atoms with E-state index in [0.717, 1.165) is 18.5 Å². The monoisotopic (exact) mass is 306 g/mol. The number of Topliss-reactive ketones (excluding diaryl/α,β-unsaturated/α-hetero) is 1. The molecule has 1 aliphatic carbocycles. The molecule has 6 heteroatoms. The molecule has 20 heavy (non-hydrogen) atoms. The molecule has 0 atom stereocenters. The van der Waals surface area contributed by atoms with Crippen LogP contribution in [0.3, 0.4) is 0 Å². The van der Waals surface area contributed by atoms with Gasteiger partial charge < -0.3 is 0 Å². The van der Waals surface area contributed by atoms with Gasteiger partial charge in [-0.1, -0.05) is 35.1 Å². The van der Waals surface area contributed by atoms with Crippen molar-refractivity contribution >= 4 is 39.8 Å². The fraction of sp³-hybridized carbons (Fsp3) is 0.214. The van der Waals surface area contributed by atoms with Gasteiger partial charge in [-0.3, -0.25) is 14.9 Å². The van der Waals surface area contributed by atoms with Crippen LogP contribution in [0, 0.1) is 0 Å². The molecule has 2 aromatic rings. The number of aryl methyl sites for hydroxylation is 1. The van der Waals surface area contributed by atoms with Gasteiger partial charge in [-0.2, -0.15) is 0 Å². The number of ketones is 1. The highest BCUT2D eigenvalue weighted by molar-refractivity contribution is 7.17. The Morgan fingerprint density at radius 2 is 2.10 bits per heavy atom. The number of aromatic nitrogens is 1. The van der Waals surface area contributed by atoms with Gasteiger partial charge in [0, 0.05) is 6.42 Å². The Labute approximate surface area is 124 Å². The SMILES string of the molecule is O=C(Nc1nc2c(s1)C(=O)CCC2)c1ccccc1Cl. The van der Waals surface area contributed by atoms with Crippen LogP contribution in [0.2, 0.25) is 5.02 Å². The maximum absolute atomic E-state index is 12.1. The lowest BCUT2D eigenvalue weighted by Crippen LogP contribution is -2.12. The lowest BCUT2D eigenvalue weighted by Gasteiger charge is -2.05. The van der Waals surface area contributed by atoms with E-state index in [-0.39, 0.29) is 11.7 Å². The van der Waals surface area contributed by atoms with Gasteiger partial charge in [-0.05, 0) is 25.0 Å². The summed E-state index contributed by atoms with van der Waals surface area (Å²) in [6.07, 6.45) is 2.18. The smallest absolute Gasteiger partial charge is 0.258 e. The normalized spacial score (nSPS) is 13.9. The third-order valence-electron chi connectivity index (χ3n) is 3.11. The van der Waals surface area contributed by atoms with E-state index in [1.54, 1.807) is 24.3 Å². The van der Waals surface area contributed by atoms with E-state index >= 15 is 0 Å². The molecule has 0 aliphatic heterocycles. The Morgan fingerprint density at radius 1 is 1.30 bits per heavy atom. The minimum absolute atomic E-state index is 0.113. The van der Waals surface area contributed by atoms with E-state index in [0.29, 0.717) is 27.0 Å². The third kappa shape index (κ3) is 2.46. The molecule has 0 saturated carbocycles. The average Bonchev–Trinajstić information content (AvgIpc) is 2.83. The largest absolute Gasteiger partial charge is 0.298 e. The van der Waals surface area contributed by atoms with Gasteiger partial charge in [0.1, 0.15) is 0 Å². The molecule has 3 rings (SSSR count). The molecule has 0 saturated heterocycles. The minimum atomic E-state index is -0.311. The molecule has 0 spiro atoms. The summed E-state index contributed by atoms with van der Waals surface area (Å²) in [6, 6.07) is 6.82. The lowest BCUT2D eigenvalue weighted by molar-refractivity contribution is 0.0975. The van der Waals surface area contributed by atoms with Crippen molar-refractivity contribution in [2.45, 2.75) is 19.3 Å². The molecule has 0 radical (unpaired) electrons. The third-order valence-corrected chi connectivity index (χ3v) is 4.49. The van der Waals surface area contributed by atoms with Crippen molar-refractivity contribution < 1.29 is 9.59 Å². The van der Waals surface area contributed by atoms with Crippen LogP contribution >= 0.6 is 22.9 Å². The molecule has 1 aliphatic rings. The number of carbonyl (C=O) groups is 2. The molecule has 1 aromatic carbocycles. The fourth-order valence-corrected chi connectivity index (χ4v) is 3.33. The molecule has 0 bridgehead atoms. The van der Waals surface area contributed by atoms with Gasteiger partial charge in [0.05, 0.1) is 21.2 Å². The van der Waals surface area contributed by atoms with Gasteiger partial charge in [-0.15, -0.1) is 0 Å². The second-order valence-corrected chi connectivity index (χ2v) is 5.91. The number of nitrogens with zero attached hydrogens (tertiary/aromatic N) is 1. The summed E-state index contributed by atoms with van der Waals surface area (Å²) in [5.41, 5.74) is 1.19. The molecule has 102 valence electrons. The molecule has 4 nitrogen and oxygen atoms in total. The minimum Gasteiger partial charge on any atom is -0.298 e. The Hall–Kier alpha value is -1.72. The Bertz CT molecular complexity index is 696.